The Hall–Kier alpha value is -3.79. The lowest BCUT2D eigenvalue weighted by atomic mass is 10.1. The number of hydrogen-bond donors (Lipinski definition) is 2. The van der Waals surface area contributed by atoms with Crippen LogP contribution in [0, 0.1) is 13.8 Å². The minimum atomic E-state index is -0.266. The summed E-state index contributed by atoms with van der Waals surface area (Å²) in [7, 11) is 3.13. The maximum absolute atomic E-state index is 12.5. The average molecular weight is 510 g/mol. The molecule has 0 saturated heterocycles. The van der Waals surface area contributed by atoms with Crippen LogP contribution >= 0.6 is 11.8 Å². The lowest BCUT2D eigenvalue weighted by Gasteiger charge is -2.10. The number of benzene rings is 2. The second-order valence-electron chi connectivity index (χ2n) is 7.89. The number of aromatic nitrogens is 3. The third-order valence-corrected chi connectivity index (χ3v) is 6.54. The highest BCUT2D eigenvalue weighted by Crippen LogP contribution is 2.28. The molecule has 2 amide bonds. The molecule has 36 heavy (non-hydrogen) atoms. The first-order valence-electron chi connectivity index (χ1n) is 11.4. The second-order valence-corrected chi connectivity index (χ2v) is 8.84. The number of nitrogens with zero attached hydrogens (tertiary/aromatic N) is 3. The second kappa shape index (κ2) is 12.8. The lowest BCUT2D eigenvalue weighted by Crippen LogP contribution is -2.22. The summed E-state index contributed by atoms with van der Waals surface area (Å²) in [6.45, 7) is 6.78. The molecule has 0 fully saturated rings. The Morgan fingerprint density at radius 1 is 1.08 bits per heavy atom. The fraction of sp³-hybridized carbons (Fsp3) is 0.308. The smallest absolute Gasteiger partial charge is 0.244 e. The fourth-order valence-electron chi connectivity index (χ4n) is 3.43. The number of anilines is 1. The molecule has 0 unspecified atom stereocenters. The fourth-order valence-corrected chi connectivity index (χ4v) is 4.25. The van der Waals surface area contributed by atoms with Crippen LogP contribution in [0.15, 0.2) is 47.6 Å². The van der Waals surface area contributed by atoms with Crippen LogP contribution in [0.25, 0.3) is 6.08 Å². The Balaban J connectivity index is 1.55. The molecule has 190 valence electrons. The van der Waals surface area contributed by atoms with E-state index in [1.807, 2.05) is 49.6 Å². The number of aryl methyl sites for hydroxylation is 1. The highest BCUT2D eigenvalue weighted by molar-refractivity contribution is 7.99. The van der Waals surface area contributed by atoms with Crippen molar-refractivity contribution in [3.8, 4) is 11.5 Å². The van der Waals surface area contributed by atoms with Gasteiger partial charge in [-0.2, -0.15) is 0 Å². The normalized spacial score (nSPS) is 10.9. The van der Waals surface area contributed by atoms with Crippen molar-refractivity contribution in [3.63, 3.8) is 0 Å². The Morgan fingerprint density at radius 3 is 2.58 bits per heavy atom. The van der Waals surface area contributed by atoms with Crippen molar-refractivity contribution in [2.45, 2.75) is 39.0 Å². The highest BCUT2D eigenvalue weighted by Gasteiger charge is 2.14. The number of carbonyl (C=O) groups excluding carboxylic acids is 2. The van der Waals surface area contributed by atoms with Gasteiger partial charge in [-0.05, 0) is 61.7 Å². The zero-order valence-electron chi connectivity index (χ0n) is 21.1. The largest absolute Gasteiger partial charge is 0.493 e. The molecule has 0 aliphatic rings. The van der Waals surface area contributed by atoms with Gasteiger partial charge < -0.3 is 24.7 Å². The van der Waals surface area contributed by atoms with E-state index in [0.717, 1.165) is 22.4 Å². The van der Waals surface area contributed by atoms with Gasteiger partial charge in [0.05, 0.1) is 26.5 Å². The molecular formula is C26H31N5O4S. The van der Waals surface area contributed by atoms with E-state index in [2.05, 4.69) is 20.8 Å². The highest BCUT2D eigenvalue weighted by atomic mass is 32.2. The third-order valence-electron chi connectivity index (χ3n) is 5.58. The Bertz CT molecular complexity index is 1260. The van der Waals surface area contributed by atoms with E-state index in [4.69, 9.17) is 9.47 Å². The number of thioether (sulfide) groups is 1. The standard InChI is InChI=1S/C26H31N5O4S/c1-6-31-23(15-27-24(32)13-11-19-10-12-21(34-4)22(14-19)35-5)29-30-26(31)36-16-25(33)28-20-9-7-8-17(2)18(20)3/h7-14H,6,15-16H2,1-5H3,(H,27,32)(H,28,33). The zero-order valence-corrected chi connectivity index (χ0v) is 21.9. The average Bonchev–Trinajstić information content (AvgIpc) is 3.29. The van der Waals surface area contributed by atoms with Crippen molar-refractivity contribution >= 4 is 35.3 Å². The van der Waals surface area contributed by atoms with E-state index in [1.165, 1.54) is 17.8 Å². The van der Waals surface area contributed by atoms with Crippen molar-refractivity contribution < 1.29 is 19.1 Å². The minimum absolute atomic E-state index is 0.116. The quantitative estimate of drug-likeness (QED) is 0.297. The number of carbonyl (C=O) groups is 2. The van der Waals surface area contributed by atoms with E-state index in [1.54, 1.807) is 32.4 Å². The number of methoxy groups -OCH3 is 2. The molecule has 1 aromatic heterocycles. The first kappa shape index (κ1) is 26.8. The number of amides is 2. The van der Waals surface area contributed by atoms with E-state index in [9.17, 15) is 9.59 Å². The summed E-state index contributed by atoms with van der Waals surface area (Å²) in [6, 6.07) is 11.2. The molecule has 2 aromatic carbocycles. The zero-order chi connectivity index (χ0) is 26.1. The van der Waals surface area contributed by atoms with E-state index < -0.39 is 0 Å². The van der Waals surface area contributed by atoms with Gasteiger partial charge in [0.2, 0.25) is 11.8 Å². The molecule has 10 heteroatoms. The lowest BCUT2D eigenvalue weighted by molar-refractivity contribution is -0.116. The third kappa shape index (κ3) is 6.88. The van der Waals surface area contributed by atoms with Gasteiger partial charge in [-0.25, -0.2) is 0 Å². The summed E-state index contributed by atoms with van der Waals surface area (Å²) in [4.78, 5) is 24.8. The van der Waals surface area contributed by atoms with Crippen LogP contribution in [0.5, 0.6) is 11.5 Å². The Morgan fingerprint density at radius 2 is 1.86 bits per heavy atom. The predicted molar refractivity (Wildman–Crippen MR) is 141 cm³/mol. The molecule has 3 rings (SSSR count). The van der Waals surface area contributed by atoms with Crippen molar-refractivity contribution in [1.29, 1.82) is 0 Å². The molecular weight excluding hydrogens is 478 g/mol. The van der Waals surface area contributed by atoms with Crippen molar-refractivity contribution in [3.05, 3.63) is 65.0 Å². The van der Waals surface area contributed by atoms with Crippen LogP contribution in [0.4, 0.5) is 5.69 Å². The monoisotopic (exact) mass is 509 g/mol. The van der Waals surface area contributed by atoms with Gasteiger partial charge in [-0.1, -0.05) is 30.0 Å². The summed E-state index contributed by atoms with van der Waals surface area (Å²) in [5.74, 6) is 1.64. The first-order chi connectivity index (χ1) is 17.4. The van der Waals surface area contributed by atoms with E-state index in [-0.39, 0.29) is 24.1 Å². The first-order valence-corrected chi connectivity index (χ1v) is 12.4. The summed E-state index contributed by atoms with van der Waals surface area (Å²) < 4.78 is 12.4. The van der Waals surface area contributed by atoms with Crippen LogP contribution in [-0.4, -0.2) is 46.6 Å². The van der Waals surface area contributed by atoms with Crippen molar-refractivity contribution in [1.82, 2.24) is 20.1 Å². The summed E-state index contributed by atoms with van der Waals surface area (Å²) >= 11 is 1.31. The Kier molecular flexibility index (Phi) is 9.52. The molecule has 0 spiro atoms. The van der Waals surface area contributed by atoms with Gasteiger partial charge >= 0.3 is 0 Å². The van der Waals surface area contributed by atoms with E-state index >= 15 is 0 Å². The summed E-state index contributed by atoms with van der Waals surface area (Å²) in [5, 5.41) is 14.8. The van der Waals surface area contributed by atoms with Crippen LogP contribution in [0.3, 0.4) is 0 Å². The molecule has 0 atom stereocenters. The molecule has 0 bridgehead atoms. The molecule has 0 radical (unpaired) electrons. The molecule has 9 nitrogen and oxygen atoms in total. The van der Waals surface area contributed by atoms with Gasteiger partial charge in [0.25, 0.3) is 0 Å². The Labute approximate surface area is 215 Å². The number of hydrogen-bond acceptors (Lipinski definition) is 7. The molecule has 0 saturated carbocycles. The SMILES string of the molecule is CCn1c(CNC(=O)C=Cc2ccc(OC)c(OC)c2)nnc1SCC(=O)Nc1cccc(C)c1C. The van der Waals surface area contributed by atoms with E-state index in [0.29, 0.717) is 29.0 Å². The van der Waals surface area contributed by atoms with Crippen LogP contribution < -0.4 is 20.1 Å². The number of nitrogens with one attached hydrogen (secondary N) is 2. The van der Waals surface area contributed by atoms with Crippen LogP contribution in [-0.2, 0) is 22.7 Å². The predicted octanol–water partition coefficient (Wildman–Crippen LogP) is 3.99. The van der Waals surface area contributed by atoms with Crippen LogP contribution in [0.2, 0.25) is 0 Å². The molecule has 1 heterocycles. The van der Waals surface area contributed by atoms with Gasteiger partial charge in [-0.3, -0.25) is 9.59 Å². The summed E-state index contributed by atoms with van der Waals surface area (Å²) in [5.41, 5.74) is 3.78. The van der Waals surface area contributed by atoms with Crippen molar-refractivity contribution in [2.24, 2.45) is 0 Å². The van der Waals surface area contributed by atoms with Gasteiger partial charge in [0.15, 0.2) is 22.5 Å². The van der Waals surface area contributed by atoms with Crippen molar-refractivity contribution in [2.75, 3.05) is 25.3 Å². The molecule has 0 aliphatic heterocycles. The summed E-state index contributed by atoms with van der Waals surface area (Å²) in [6.07, 6.45) is 3.14. The minimum Gasteiger partial charge on any atom is -0.493 e. The topological polar surface area (TPSA) is 107 Å². The molecule has 2 N–H and O–H groups in total. The molecule has 3 aromatic rings. The molecule has 0 aliphatic carbocycles. The van der Waals surface area contributed by atoms with Gasteiger partial charge in [0, 0.05) is 18.3 Å². The number of rotatable bonds is 11. The van der Waals surface area contributed by atoms with Gasteiger partial charge in [0.1, 0.15) is 0 Å². The maximum Gasteiger partial charge on any atom is 0.244 e. The van der Waals surface area contributed by atoms with Gasteiger partial charge in [-0.15, -0.1) is 10.2 Å². The maximum atomic E-state index is 12.5. The van der Waals surface area contributed by atoms with Crippen LogP contribution in [0.1, 0.15) is 29.4 Å². The number of ether oxygens (including phenoxy) is 2.